The number of nitriles is 2. The molecule has 0 saturated heterocycles. The first-order valence-corrected chi connectivity index (χ1v) is 4.06. The average molecular weight is 187 g/mol. The summed E-state index contributed by atoms with van der Waals surface area (Å²) in [7, 11) is 0. The minimum atomic E-state index is -0.573. The molecule has 0 saturated carbocycles. The van der Waals surface area contributed by atoms with Crippen LogP contribution in [-0.2, 0) is 0 Å². The van der Waals surface area contributed by atoms with Crippen LogP contribution < -0.4 is 0 Å². The van der Waals surface area contributed by atoms with Gasteiger partial charge in [-0.2, -0.15) is 10.5 Å². The molecule has 0 aliphatic carbocycles. The second-order valence-electron chi connectivity index (χ2n) is 2.88. The topological polar surface area (TPSA) is 47.6 Å². The number of nitrogens with zero attached hydrogens (tertiary/aromatic N) is 2. The molecule has 1 radical (unpaired) electrons. The third-order valence-electron chi connectivity index (χ3n) is 1.94. The van der Waals surface area contributed by atoms with Crippen molar-refractivity contribution in [2.45, 2.75) is 5.92 Å². The van der Waals surface area contributed by atoms with Crippen LogP contribution in [0, 0.1) is 29.6 Å². The summed E-state index contributed by atoms with van der Waals surface area (Å²) in [4.78, 5) is 0. The molecule has 3 heteroatoms. The van der Waals surface area contributed by atoms with Crippen molar-refractivity contribution >= 4 is 0 Å². The number of halogens is 1. The van der Waals surface area contributed by atoms with Crippen LogP contribution in [-0.4, -0.2) is 6.67 Å². The molecule has 0 aliphatic heterocycles. The van der Waals surface area contributed by atoms with E-state index >= 15 is 0 Å². The van der Waals surface area contributed by atoms with Crippen molar-refractivity contribution in [1.29, 1.82) is 10.5 Å². The van der Waals surface area contributed by atoms with Gasteiger partial charge in [0.25, 0.3) is 0 Å². The first-order valence-electron chi connectivity index (χ1n) is 4.06. The van der Waals surface area contributed by atoms with Crippen molar-refractivity contribution in [2.24, 2.45) is 0 Å². The smallest absolute Gasteiger partial charge is 0.101 e. The van der Waals surface area contributed by atoms with Gasteiger partial charge in [0.05, 0.1) is 17.8 Å². The van der Waals surface area contributed by atoms with Gasteiger partial charge in [-0.15, -0.1) is 0 Å². The molecule has 0 aliphatic rings. The largest absolute Gasteiger partial charge is 0.250 e. The second-order valence-corrected chi connectivity index (χ2v) is 2.88. The van der Waals surface area contributed by atoms with Gasteiger partial charge in [-0.25, -0.2) is 0 Å². The normalized spacial score (nSPS) is 11.4. The van der Waals surface area contributed by atoms with Crippen LogP contribution in [0.5, 0.6) is 0 Å². The highest BCUT2D eigenvalue weighted by Crippen LogP contribution is 2.18. The van der Waals surface area contributed by atoms with Gasteiger partial charge >= 0.3 is 0 Å². The van der Waals surface area contributed by atoms with Gasteiger partial charge in [0.1, 0.15) is 12.1 Å². The molecule has 69 valence electrons. The van der Waals surface area contributed by atoms with E-state index in [1.807, 2.05) is 12.1 Å². The van der Waals surface area contributed by atoms with Crippen LogP contribution in [0.2, 0.25) is 0 Å². The predicted octanol–water partition coefficient (Wildman–Crippen LogP) is 2.32. The summed E-state index contributed by atoms with van der Waals surface area (Å²) in [6.07, 6.45) is 0. The Kier molecular flexibility index (Phi) is 3.20. The van der Waals surface area contributed by atoms with Crippen molar-refractivity contribution in [3.8, 4) is 12.1 Å². The molecule has 1 aromatic carbocycles. The molecule has 0 spiro atoms. The van der Waals surface area contributed by atoms with Gasteiger partial charge in [-0.3, -0.25) is 4.39 Å². The molecule has 2 nitrogen and oxygen atoms in total. The molecule has 0 fully saturated rings. The Bertz CT molecular complexity index is 412. The van der Waals surface area contributed by atoms with E-state index < -0.39 is 12.6 Å². The fourth-order valence-corrected chi connectivity index (χ4v) is 1.09. The Morgan fingerprint density at radius 3 is 2.43 bits per heavy atom. The molecule has 14 heavy (non-hydrogen) atoms. The standard InChI is InChI=1S/C11H8FN2/c1-8(5-12)9-2-3-10(6-13)11(4-9)7-14/h2-4,8H,1,5H2. The van der Waals surface area contributed by atoms with E-state index in [9.17, 15) is 4.39 Å². The van der Waals surface area contributed by atoms with Crippen LogP contribution in [0.4, 0.5) is 4.39 Å². The lowest BCUT2D eigenvalue weighted by Gasteiger charge is -2.07. The van der Waals surface area contributed by atoms with E-state index in [1.165, 1.54) is 12.1 Å². The molecule has 0 N–H and O–H groups in total. The summed E-state index contributed by atoms with van der Waals surface area (Å²) in [5.41, 5.74) is 1.22. The Hall–Kier alpha value is -1.87. The number of benzene rings is 1. The zero-order chi connectivity index (χ0) is 10.6. The Balaban J connectivity index is 3.17. The number of hydrogen-bond donors (Lipinski definition) is 0. The molecule has 0 amide bonds. The summed E-state index contributed by atoms with van der Waals surface area (Å²) < 4.78 is 12.3. The van der Waals surface area contributed by atoms with Gasteiger partial charge in [-0.1, -0.05) is 6.07 Å². The lowest BCUT2D eigenvalue weighted by Crippen LogP contribution is -1.97. The molecule has 0 aromatic heterocycles. The van der Waals surface area contributed by atoms with Gasteiger partial charge < -0.3 is 0 Å². The van der Waals surface area contributed by atoms with E-state index in [-0.39, 0.29) is 5.56 Å². The van der Waals surface area contributed by atoms with Crippen molar-refractivity contribution in [3.63, 3.8) is 0 Å². The molecule has 1 unspecified atom stereocenters. The van der Waals surface area contributed by atoms with Crippen molar-refractivity contribution in [2.75, 3.05) is 6.67 Å². The maximum Gasteiger partial charge on any atom is 0.101 e. The zero-order valence-corrected chi connectivity index (χ0v) is 7.50. The summed E-state index contributed by atoms with van der Waals surface area (Å²) in [5.74, 6) is -0.477. The number of hydrogen-bond acceptors (Lipinski definition) is 2. The Morgan fingerprint density at radius 1 is 1.29 bits per heavy atom. The molecule has 0 heterocycles. The van der Waals surface area contributed by atoms with Gasteiger partial charge in [0.2, 0.25) is 0 Å². The fraction of sp³-hybridized carbons (Fsp3) is 0.182. The van der Waals surface area contributed by atoms with Crippen molar-refractivity contribution in [3.05, 3.63) is 41.8 Å². The van der Waals surface area contributed by atoms with E-state index in [1.54, 1.807) is 6.07 Å². The van der Waals surface area contributed by atoms with E-state index in [2.05, 4.69) is 6.92 Å². The molecular weight excluding hydrogens is 179 g/mol. The fourth-order valence-electron chi connectivity index (χ4n) is 1.09. The van der Waals surface area contributed by atoms with Gasteiger partial charge in [-0.05, 0) is 24.6 Å². The van der Waals surface area contributed by atoms with Crippen molar-refractivity contribution < 1.29 is 4.39 Å². The Morgan fingerprint density at radius 2 is 1.93 bits per heavy atom. The summed E-state index contributed by atoms with van der Waals surface area (Å²) in [6, 6.07) is 8.43. The van der Waals surface area contributed by atoms with Crippen LogP contribution >= 0.6 is 0 Å². The molecule has 1 rings (SSSR count). The van der Waals surface area contributed by atoms with Crippen molar-refractivity contribution in [1.82, 2.24) is 0 Å². The maximum atomic E-state index is 12.3. The summed E-state index contributed by atoms with van der Waals surface area (Å²) in [5, 5.41) is 17.4. The van der Waals surface area contributed by atoms with Crippen LogP contribution in [0.25, 0.3) is 0 Å². The van der Waals surface area contributed by atoms with Crippen LogP contribution in [0.3, 0.4) is 0 Å². The zero-order valence-electron chi connectivity index (χ0n) is 7.50. The van der Waals surface area contributed by atoms with Gasteiger partial charge in [0.15, 0.2) is 0 Å². The lowest BCUT2D eigenvalue weighted by molar-refractivity contribution is 0.465. The third kappa shape index (κ3) is 1.89. The highest BCUT2D eigenvalue weighted by molar-refractivity contribution is 5.48. The Labute approximate surface area is 82.2 Å². The van der Waals surface area contributed by atoms with Crippen LogP contribution in [0.1, 0.15) is 22.6 Å². The molecule has 1 aromatic rings. The van der Waals surface area contributed by atoms with Gasteiger partial charge in [0, 0.05) is 5.92 Å². The lowest BCUT2D eigenvalue weighted by atomic mass is 9.98. The highest BCUT2D eigenvalue weighted by atomic mass is 19.1. The highest BCUT2D eigenvalue weighted by Gasteiger charge is 2.08. The summed E-state index contributed by atoms with van der Waals surface area (Å²) in [6.45, 7) is 3.02. The number of rotatable bonds is 2. The monoisotopic (exact) mass is 187 g/mol. The SMILES string of the molecule is [CH2]C(CF)c1ccc(C#N)c(C#N)c1. The van der Waals surface area contributed by atoms with E-state index in [0.29, 0.717) is 11.1 Å². The predicted molar refractivity (Wildman–Crippen MR) is 49.9 cm³/mol. The first kappa shape index (κ1) is 10.2. The number of alkyl halides is 1. The molecule has 1 atom stereocenters. The van der Waals surface area contributed by atoms with E-state index in [4.69, 9.17) is 10.5 Å². The second kappa shape index (κ2) is 4.39. The van der Waals surface area contributed by atoms with Crippen LogP contribution in [0.15, 0.2) is 18.2 Å². The molecule has 0 bridgehead atoms. The minimum absolute atomic E-state index is 0.270. The average Bonchev–Trinajstić information content (AvgIpc) is 2.26. The molecular formula is C11H8FN2. The first-order chi connectivity index (χ1) is 6.72. The minimum Gasteiger partial charge on any atom is -0.250 e. The van der Waals surface area contributed by atoms with E-state index in [0.717, 1.165) is 0 Å². The quantitative estimate of drug-likeness (QED) is 0.713. The maximum absolute atomic E-state index is 12.3. The summed E-state index contributed by atoms with van der Waals surface area (Å²) >= 11 is 0. The third-order valence-corrected chi connectivity index (χ3v) is 1.94.